The number of halogens is 1. The normalized spacial score (nSPS) is 35.1. The summed E-state index contributed by atoms with van der Waals surface area (Å²) in [6.45, 7) is 5.00. The van der Waals surface area contributed by atoms with Crippen molar-refractivity contribution in [1.82, 2.24) is 9.55 Å². The maximum absolute atomic E-state index is 14.5. The number of aliphatic hydroxyl groups excluding tert-OH is 1. The van der Waals surface area contributed by atoms with Crippen LogP contribution in [0, 0.1) is 5.92 Å². The van der Waals surface area contributed by atoms with Crippen molar-refractivity contribution in [3.8, 4) is 0 Å². The summed E-state index contributed by atoms with van der Waals surface area (Å²) in [5.74, 6) is -0.573. The number of aliphatic hydroxyl groups is 1. The van der Waals surface area contributed by atoms with E-state index in [1.165, 1.54) is 6.20 Å². The van der Waals surface area contributed by atoms with Gasteiger partial charge >= 0.3 is 5.69 Å². The van der Waals surface area contributed by atoms with Crippen LogP contribution in [0.15, 0.2) is 21.9 Å². The molecule has 2 rings (SSSR count). The first-order valence-electron chi connectivity index (χ1n) is 6.65. The summed E-state index contributed by atoms with van der Waals surface area (Å²) in [4.78, 5) is 24.9. The molecule has 0 radical (unpaired) electrons. The summed E-state index contributed by atoms with van der Waals surface area (Å²) in [7, 11) is 0. The van der Waals surface area contributed by atoms with Gasteiger partial charge in [0.2, 0.25) is 0 Å². The van der Waals surface area contributed by atoms with Crippen LogP contribution in [0.1, 0.15) is 33.4 Å². The summed E-state index contributed by atoms with van der Waals surface area (Å²) >= 11 is 0. The standard InChI is InChI=1S/C13H19FN2O4/c1-4-13(8(3)17)7(2)10(14)11(20-13)16-6-5-9(18)15-12(16)19/h5-8,10-11,17H,4H2,1-3H3,(H,15,18,19)/t7-,8?,10-,11+,13+/m0/s1. The average Bonchev–Trinajstić information content (AvgIpc) is 2.64. The highest BCUT2D eigenvalue weighted by Gasteiger charge is 2.55. The molecule has 1 aromatic rings. The molecule has 2 N–H and O–H groups in total. The second kappa shape index (κ2) is 5.14. The van der Waals surface area contributed by atoms with E-state index in [0.29, 0.717) is 6.42 Å². The monoisotopic (exact) mass is 286 g/mol. The molecule has 1 aromatic heterocycles. The van der Waals surface area contributed by atoms with Crippen LogP contribution in [-0.2, 0) is 4.74 Å². The highest BCUT2D eigenvalue weighted by Crippen LogP contribution is 2.46. The zero-order chi connectivity index (χ0) is 15.1. The van der Waals surface area contributed by atoms with Crippen LogP contribution in [-0.4, -0.2) is 32.5 Å². The SMILES string of the molecule is CC[C@@]1(C(C)O)O[C@@H](n2ccc(=O)[nH]c2=O)[C@@H](F)[C@@H]1C. The second-order valence-corrected chi connectivity index (χ2v) is 5.24. The number of hydrogen-bond acceptors (Lipinski definition) is 4. The van der Waals surface area contributed by atoms with E-state index in [-0.39, 0.29) is 0 Å². The first-order chi connectivity index (χ1) is 9.33. The molecule has 20 heavy (non-hydrogen) atoms. The molecule has 1 fully saturated rings. The first-order valence-corrected chi connectivity index (χ1v) is 6.65. The van der Waals surface area contributed by atoms with Crippen LogP contribution < -0.4 is 11.2 Å². The molecular weight excluding hydrogens is 267 g/mol. The van der Waals surface area contributed by atoms with Crippen molar-refractivity contribution in [2.75, 3.05) is 0 Å². The lowest BCUT2D eigenvalue weighted by Crippen LogP contribution is -2.45. The van der Waals surface area contributed by atoms with Gasteiger partial charge in [0.25, 0.3) is 5.56 Å². The van der Waals surface area contributed by atoms with E-state index in [9.17, 15) is 19.1 Å². The van der Waals surface area contributed by atoms with E-state index >= 15 is 0 Å². The number of aromatic amines is 1. The van der Waals surface area contributed by atoms with Crippen molar-refractivity contribution >= 4 is 0 Å². The molecule has 0 amide bonds. The van der Waals surface area contributed by atoms with Crippen molar-refractivity contribution in [3.63, 3.8) is 0 Å². The molecule has 7 heteroatoms. The van der Waals surface area contributed by atoms with Gasteiger partial charge in [0.05, 0.1) is 6.10 Å². The molecule has 6 nitrogen and oxygen atoms in total. The molecule has 0 aliphatic carbocycles. The smallest absolute Gasteiger partial charge is 0.330 e. The zero-order valence-electron chi connectivity index (χ0n) is 11.7. The second-order valence-electron chi connectivity index (χ2n) is 5.24. The van der Waals surface area contributed by atoms with Gasteiger partial charge < -0.3 is 9.84 Å². The molecule has 0 aromatic carbocycles. The summed E-state index contributed by atoms with van der Waals surface area (Å²) in [5, 5.41) is 9.93. The number of nitrogens with zero attached hydrogens (tertiary/aromatic N) is 1. The number of aromatic nitrogens is 2. The van der Waals surface area contributed by atoms with Gasteiger partial charge in [-0.05, 0) is 13.3 Å². The van der Waals surface area contributed by atoms with Gasteiger partial charge in [-0.15, -0.1) is 0 Å². The summed E-state index contributed by atoms with van der Waals surface area (Å²) in [6, 6.07) is 1.14. The molecule has 1 aliphatic heterocycles. The summed E-state index contributed by atoms with van der Waals surface area (Å²) in [6.07, 6.45) is -1.85. The molecule has 1 saturated heterocycles. The Morgan fingerprint density at radius 2 is 2.25 bits per heavy atom. The minimum absolute atomic E-state index is 0.418. The van der Waals surface area contributed by atoms with Crippen LogP contribution in [0.5, 0.6) is 0 Å². The summed E-state index contributed by atoms with van der Waals surface area (Å²) < 4.78 is 21.2. The van der Waals surface area contributed by atoms with Gasteiger partial charge in [-0.3, -0.25) is 14.3 Å². The largest absolute Gasteiger partial charge is 0.390 e. The number of rotatable bonds is 3. The molecular formula is C13H19FN2O4. The van der Waals surface area contributed by atoms with Gasteiger partial charge in [-0.2, -0.15) is 0 Å². The van der Waals surface area contributed by atoms with Gasteiger partial charge in [-0.1, -0.05) is 13.8 Å². The maximum atomic E-state index is 14.5. The zero-order valence-corrected chi connectivity index (χ0v) is 11.7. The number of nitrogens with one attached hydrogen (secondary N) is 1. The Labute approximate surface area is 115 Å². The molecule has 1 aliphatic rings. The summed E-state index contributed by atoms with van der Waals surface area (Å²) in [5.41, 5.74) is -2.32. The van der Waals surface area contributed by atoms with E-state index in [1.54, 1.807) is 20.8 Å². The Hall–Kier alpha value is -1.47. The van der Waals surface area contributed by atoms with Gasteiger partial charge in [0, 0.05) is 18.2 Å². The van der Waals surface area contributed by atoms with Crippen molar-refractivity contribution in [1.29, 1.82) is 0 Å². The minimum atomic E-state index is -1.45. The van der Waals surface area contributed by atoms with Crippen LogP contribution in [0.3, 0.4) is 0 Å². The number of alkyl halides is 1. The van der Waals surface area contributed by atoms with Gasteiger partial charge in [-0.25, -0.2) is 9.18 Å². The Kier molecular flexibility index (Phi) is 3.84. The highest BCUT2D eigenvalue weighted by molar-refractivity contribution is 5.02. The third-order valence-corrected chi connectivity index (χ3v) is 4.25. The topological polar surface area (TPSA) is 84.3 Å². The molecule has 0 spiro atoms. The molecule has 1 unspecified atom stereocenters. The first kappa shape index (κ1) is 14.9. The van der Waals surface area contributed by atoms with Crippen molar-refractivity contribution < 1.29 is 14.2 Å². The third kappa shape index (κ3) is 2.10. The lowest BCUT2D eigenvalue weighted by molar-refractivity contribution is -0.146. The predicted molar refractivity (Wildman–Crippen MR) is 70.2 cm³/mol. The van der Waals surface area contributed by atoms with Crippen LogP contribution in [0.2, 0.25) is 0 Å². The Balaban J connectivity index is 2.45. The van der Waals surface area contributed by atoms with Crippen LogP contribution in [0.25, 0.3) is 0 Å². The highest BCUT2D eigenvalue weighted by atomic mass is 19.1. The third-order valence-electron chi connectivity index (χ3n) is 4.25. The van der Waals surface area contributed by atoms with Gasteiger partial charge in [0.15, 0.2) is 12.4 Å². The fraction of sp³-hybridized carbons (Fsp3) is 0.692. The predicted octanol–water partition coefficient (Wildman–Crippen LogP) is 0.569. The molecule has 0 saturated carbocycles. The fourth-order valence-electron chi connectivity index (χ4n) is 2.93. The maximum Gasteiger partial charge on any atom is 0.330 e. The minimum Gasteiger partial charge on any atom is -0.390 e. The Bertz CT molecular complexity index is 597. The van der Waals surface area contributed by atoms with E-state index in [1.807, 2.05) is 0 Å². The van der Waals surface area contributed by atoms with Crippen molar-refractivity contribution in [2.24, 2.45) is 5.92 Å². The Morgan fingerprint density at radius 3 is 2.70 bits per heavy atom. The quantitative estimate of drug-likeness (QED) is 0.850. The van der Waals surface area contributed by atoms with E-state index < -0.39 is 41.3 Å². The van der Waals surface area contributed by atoms with E-state index in [0.717, 1.165) is 10.6 Å². The number of hydrogen-bond donors (Lipinski definition) is 2. The average molecular weight is 286 g/mol. The lowest BCUT2D eigenvalue weighted by Gasteiger charge is -2.34. The van der Waals surface area contributed by atoms with Crippen LogP contribution >= 0.6 is 0 Å². The van der Waals surface area contributed by atoms with E-state index in [4.69, 9.17) is 4.74 Å². The number of ether oxygens (including phenoxy) is 1. The molecule has 0 bridgehead atoms. The van der Waals surface area contributed by atoms with E-state index in [2.05, 4.69) is 4.98 Å². The molecule has 5 atom stereocenters. The fourth-order valence-corrected chi connectivity index (χ4v) is 2.93. The van der Waals surface area contributed by atoms with Crippen molar-refractivity contribution in [2.45, 2.75) is 51.3 Å². The molecule has 2 heterocycles. The molecule has 112 valence electrons. The Morgan fingerprint density at radius 1 is 1.60 bits per heavy atom. The van der Waals surface area contributed by atoms with Gasteiger partial charge in [0.1, 0.15) is 5.60 Å². The van der Waals surface area contributed by atoms with Crippen molar-refractivity contribution in [3.05, 3.63) is 33.1 Å². The number of H-pyrrole nitrogens is 1. The lowest BCUT2D eigenvalue weighted by atomic mass is 9.81. The van der Waals surface area contributed by atoms with Crippen LogP contribution in [0.4, 0.5) is 4.39 Å².